The maximum atomic E-state index is 12.2. The first-order chi connectivity index (χ1) is 7.41. The number of carbonyl (C=O) groups excluding carboxylic acids is 1. The number of amides is 1. The van der Waals surface area contributed by atoms with E-state index in [9.17, 15) is 9.90 Å². The smallest absolute Gasteiger partial charge is 0.236 e. The van der Waals surface area contributed by atoms with Gasteiger partial charge in [0.15, 0.2) is 5.84 Å². The van der Waals surface area contributed by atoms with Gasteiger partial charge in [-0.15, -0.1) is 0 Å². The Bertz CT molecular complexity index is 347. The van der Waals surface area contributed by atoms with Crippen LogP contribution in [0.2, 0.25) is 0 Å². The van der Waals surface area contributed by atoms with Gasteiger partial charge in [-0.25, -0.2) is 0 Å². The number of carbonyl (C=O) groups is 1. The van der Waals surface area contributed by atoms with Crippen molar-refractivity contribution in [1.82, 2.24) is 4.90 Å². The number of hydrogen-bond donors (Lipinski definition) is 3. The first-order valence-corrected chi connectivity index (χ1v) is 5.41. The van der Waals surface area contributed by atoms with Crippen LogP contribution in [0.5, 0.6) is 0 Å². The van der Waals surface area contributed by atoms with Crippen LogP contribution in [0.1, 0.15) is 26.2 Å². The van der Waals surface area contributed by atoms with Gasteiger partial charge in [0.1, 0.15) is 5.41 Å². The summed E-state index contributed by atoms with van der Waals surface area (Å²) in [6.45, 7) is 2.57. The largest absolute Gasteiger partial charge is 0.409 e. The summed E-state index contributed by atoms with van der Waals surface area (Å²) < 4.78 is 0. The van der Waals surface area contributed by atoms with Gasteiger partial charge in [-0.1, -0.05) is 5.16 Å². The van der Waals surface area contributed by atoms with E-state index in [-0.39, 0.29) is 11.7 Å². The molecule has 1 aliphatic carbocycles. The molecule has 1 atom stereocenters. The molecule has 1 amide bonds. The summed E-state index contributed by atoms with van der Waals surface area (Å²) in [5.74, 6) is -0.135. The van der Waals surface area contributed by atoms with E-state index in [0.29, 0.717) is 32.4 Å². The van der Waals surface area contributed by atoms with Crippen LogP contribution in [0, 0.1) is 5.41 Å². The van der Waals surface area contributed by atoms with Crippen molar-refractivity contribution in [2.75, 3.05) is 13.1 Å². The molecular weight excluding hydrogens is 210 g/mol. The zero-order valence-corrected chi connectivity index (χ0v) is 9.31. The van der Waals surface area contributed by atoms with Gasteiger partial charge in [-0.05, 0) is 26.2 Å². The zero-order chi connectivity index (χ0) is 12.0. The van der Waals surface area contributed by atoms with Gasteiger partial charge in [0.2, 0.25) is 5.91 Å². The van der Waals surface area contributed by atoms with E-state index in [2.05, 4.69) is 5.16 Å². The van der Waals surface area contributed by atoms with Gasteiger partial charge in [-0.3, -0.25) is 4.79 Å². The summed E-state index contributed by atoms with van der Waals surface area (Å²) in [6.07, 6.45) is 1.83. The van der Waals surface area contributed by atoms with Crippen molar-refractivity contribution in [2.24, 2.45) is 16.3 Å². The lowest BCUT2D eigenvalue weighted by molar-refractivity contribution is -0.134. The minimum atomic E-state index is -0.809. The standard InChI is InChI=1S/C10H17N3O3/c1-9(15)4-5-13(6-9)8(14)10(2-3-10)7(11)12-16/h15-16H,2-6H2,1H3,(H2,11,12). The van der Waals surface area contributed by atoms with E-state index >= 15 is 0 Å². The second-order valence-electron chi connectivity index (χ2n) is 5.04. The highest BCUT2D eigenvalue weighted by Crippen LogP contribution is 2.48. The first kappa shape index (κ1) is 11.2. The van der Waals surface area contributed by atoms with E-state index in [1.165, 1.54) is 0 Å². The summed E-state index contributed by atoms with van der Waals surface area (Å²) in [4.78, 5) is 13.8. The molecule has 0 bridgehead atoms. The normalized spacial score (nSPS) is 32.9. The maximum absolute atomic E-state index is 12.2. The van der Waals surface area contributed by atoms with Crippen LogP contribution in [-0.4, -0.2) is 45.6 Å². The predicted molar refractivity (Wildman–Crippen MR) is 56.9 cm³/mol. The number of β-amino-alcohol motifs (C(OH)–C–C–N with tert-alkyl or cyclic N) is 1. The topological polar surface area (TPSA) is 99.2 Å². The minimum absolute atomic E-state index is 0.0101. The van der Waals surface area contributed by atoms with Crippen molar-refractivity contribution >= 4 is 11.7 Å². The van der Waals surface area contributed by atoms with Crippen LogP contribution in [0.15, 0.2) is 5.16 Å². The summed E-state index contributed by atoms with van der Waals surface area (Å²) in [5.41, 5.74) is 3.93. The molecule has 1 heterocycles. The number of hydrogen-bond acceptors (Lipinski definition) is 4. The number of rotatable bonds is 2. The highest BCUT2D eigenvalue weighted by atomic mass is 16.4. The third-order valence-corrected chi connectivity index (χ3v) is 3.50. The van der Waals surface area contributed by atoms with Crippen molar-refractivity contribution in [3.8, 4) is 0 Å². The molecule has 90 valence electrons. The molecule has 0 aromatic rings. The van der Waals surface area contributed by atoms with E-state index < -0.39 is 11.0 Å². The molecule has 1 saturated heterocycles. The van der Waals surface area contributed by atoms with Gasteiger partial charge in [0.25, 0.3) is 0 Å². The van der Waals surface area contributed by atoms with Crippen molar-refractivity contribution in [1.29, 1.82) is 0 Å². The van der Waals surface area contributed by atoms with Crippen LogP contribution in [0.3, 0.4) is 0 Å². The molecule has 0 aromatic heterocycles. The number of aliphatic hydroxyl groups is 1. The van der Waals surface area contributed by atoms with Gasteiger partial charge < -0.3 is 20.9 Å². The Balaban J connectivity index is 2.10. The summed E-state index contributed by atoms with van der Waals surface area (Å²) in [5, 5.41) is 21.4. The van der Waals surface area contributed by atoms with Crippen LogP contribution in [0.25, 0.3) is 0 Å². The number of amidine groups is 1. The Morgan fingerprint density at radius 1 is 1.44 bits per heavy atom. The van der Waals surface area contributed by atoms with Crippen LogP contribution < -0.4 is 5.73 Å². The number of nitrogens with two attached hydrogens (primary N) is 1. The molecule has 2 aliphatic rings. The predicted octanol–water partition coefficient (Wildman–Crippen LogP) is -0.504. The summed E-state index contributed by atoms with van der Waals surface area (Å²) in [7, 11) is 0. The van der Waals surface area contributed by atoms with Crippen LogP contribution in [0.4, 0.5) is 0 Å². The average Bonchev–Trinajstić information content (AvgIpc) is 2.96. The molecule has 0 radical (unpaired) electrons. The second-order valence-corrected chi connectivity index (χ2v) is 5.04. The Kier molecular flexibility index (Phi) is 2.34. The Labute approximate surface area is 93.7 Å². The Morgan fingerprint density at radius 2 is 2.06 bits per heavy atom. The number of likely N-dealkylation sites (tertiary alicyclic amines) is 1. The fourth-order valence-corrected chi connectivity index (χ4v) is 2.22. The van der Waals surface area contributed by atoms with E-state index in [1.807, 2.05) is 0 Å². The quantitative estimate of drug-likeness (QED) is 0.256. The molecule has 2 fully saturated rings. The third kappa shape index (κ3) is 1.63. The van der Waals surface area contributed by atoms with Crippen molar-refractivity contribution in [3.05, 3.63) is 0 Å². The lowest BCUT2D eigenvalue weighted by Crippen LogP contribution is -2.44. The molecule has 1 unspecified atom stereocenters. The first-order valence-electron chi connectivity index (χ1n) is 5.41. The fourth-order valence-electron chi connectivity index (χ4n) is 2.22. The SMILES string of the molecule is CC1(O)CCN(C(=O)C2(C(N)=NO)CC2)C1. The molecule has 4 N–H and O–H groups in total. The van der Waals surface area contributed by atoms with Crippen LogP contribution in [-0.2, 0) is 4.79 Å². The highest BCUT2D eigenvalue weighted by Gasteiger charge is 2.57. The molecule has 6 heteroatoms. The highest BCUT2D eigenvalue weighted by molar-refractivity contribution is 6.09. The Hall–Kier alpha value is -1.30. The molecule has 0 spiro atoms. The van der Waals surface area contributed by atoms with E-state index in [0.717, 1.165) is 0 Å². The molecule has 1 saturated carbocycles. The molecule has 6 nitrogen and oxygen atoms in total. The maximum Gasteiger partial charge on any atom is 0.236 e. The van der Waals surface area contributed by atoms with Gasteiger partial charge in [0, 0.05) is 13.1 Å². The van der Waals surface area contributed by atoms with Crippen molar-refractivity contribution in [3.63, 3.8) is 0 Å². The summed E-state index contributed by atoms with van der Waals surface area (Å²) >= 11 is 0. The monoisotopic (exact) mass is 227 g/mol. The fraction of sp³-hybridized carbons (Fsp3) is 0.800. The van der Waals surface area contributed by atoms with Gasteiger partial charge in [-0.2, -0.15) is 0 Å². The molecule has 1 aliphatic heterocycles. The molecule has 0 aromatic carbocycles. The van der Waals surface area contributed by atoms with Crippen molar-refractivity contribution < 1.29 is 15.1 Å². The lowest BCUT2D eigenvalue weighted by Gasteiger charge is -2.23. The lowest BCUT2D eigenvalue weighted by atomic mass is 10.0. The minimum Gasteiger partial charge on any atom is -0.409 e. The molecule has 16 heavy (non-hydrogen) atoms. The van der Waals surface area contributed by atoms with Crippen molar-refractivity contribution in [2.45, 2.75) is 31.8 Å². The van der Waals surface area contributed by atoms with E-state index in [4.69, 9.17) is 10.9 Å². The second kappa shape index (κ2) is 3.35. The average molecular weight is 227 g/mol. The molecular formula is C10H17N3O3. The summed E-state index contributed by atoms with van der Waals surface area (Å²) in [6, 6.07) is 0. The van der Waals surface area contributed by atoms with E-state index in [1.54, 1.807) is 11.8 Å². The molecule has 2 rings (SSSR count). The van der Waals surface area contributed by atoms with Gasteiger partial charge >= 0.3 is 0 Å². The number of nitrogens with zero attached hydrogens (tertiary/aromatic N) is 2. The third-order valence-electron chi connectivity index (χ3n) is 3.50. The zero-order valence-electron chi connectivity index (χ0n) is 9.31. The number of oxime groups is 1. The van der Waals surface area contributed by atoms with Gasteiger partial charge in [0.05, 0.1) is 5.60 Å². The Morgan fingerprint density at radius 3 is 2.44 bits per heavy atom. The van der Waals surface area contributed by atoms with Crippen LogP contribution >= 0.6 is 0 Å².